The fraction of sp³-hybridized carbons (Fsp3) is 0.889. The lowest BCUT2D eigenvalue weighted by atomic mass is 9.89. The lowest BCUT2D eigenvalue weighted by Crippen LogP contribution is -2.49. The Morgan fingerprint density at radius 1 is 1.71 bits per heavy atom. The Labute approximate surface area is 83.4 Å². The van der Waals surface area contributed by atoms with Crippen LogP contribution >= 0.6 is 0 Å². The zero-order valence-corrected chi connectivity index (χ0v) is 8.58. The third kappa shape index (κ3) is 2.94. The van der Waals surface area contributed by atoms with E-state index in [9.17, 15) is 9.90 Å². The number of hydrogen-bond donors (Lipinski definition) is 2. The van der Waals surface area contributed by atoms with Gasteiger partial charge in [-0.2, -0.15) is 0 Å². The molecule has 0 bridgehead atoms. The molecule has 1 aliphatic heterocycles. The van der Waals surface area contributed by atoms with Crippen LogP contribution in [0.2, 0.25) is 0 Å². The molecule has 0 aromatic rings. The third-order valence-corrected chi connectivity index (χ3v) is 2.26. The number of rotatable bonds is 5. The van der Waals surface area contributed by atoms with Crippen LogP contribution in [0, 0.1) is 5.41 Å². The van der Waals surface area contributed by atoms with E-state index in [-0.39, 0.29) is 12.0 Å². The standard InChI is InChI=1S/C9H17NO4/c1-9(5-14-6-9)4-10-3-7(11)8(12)13-2/h7,10-11H,3-6H2,1-2H3. The van der Waals surface area contributed by atoms with Crippen molar-refractivity contribution in [2.75, 3.05) is 33.4 Å². The molecule has 82 valence electrons. The maximum atomic E-state index is 10.8. The van der Waals surface area contributed by atoms with Gasteiger partial charge in [0.15, 0.2) is 6.10 Å². The van der Waals surface area contributed by atoms with Crippen LogP contribution in [0.25, 0.3) is 0 Å². The predicted molar refractivity (Wildman–Crippen MR) is 49.8 cm³/mol. The first-order valence-corrected chi connectivity index (χ1v) is 4.62. The minimum Gasteiger partial charge on any atom is -0.467 e. The van der Waals surface area contributed by atoms with Crippen LogP contribution in [0.15, 0.2) is 0 Å². The van der Waals surface area contributed by atoms with Gasteiger partial charge in [-0.15, -0.1) is 0 Å². The molecule has 5 nitrogen and oxygen atoms in total. The molecule has 5 heteroatoms. The number of methoxy groups -OCH3 is 1. The van der Waals surface area contributed by atoms with Crippen molar-refractivity contribution in [3.05, 3.63) is 0 Å². The van der Waals surface area contributed by atoms with E-state index in [1.807, 2.05) is 0 Å². The number of aliphatic hydroxyl groups excluding tert-OH is 1. The van der Waals surface area contributed by atoms with Crippen molar-refractivity contribution >= 4 is 5.97 Å². The summed E-state index contributed by atoms with van der Waals surface area (Å²) in [5.74, 6) is -0.604. The topological polar surface area (TPSA) is 67.8 Å². The van der Waals surface area contributed by atoms with Crippen LogP contribution in [0.3, 0.4) is 0 Å². The minimum atomic E-state index is -1.08. The largest absolute Gasteiger partial charge is 0.467 e. The van der Waals surface area contributed by atoms with Crippen LogP contribution in [0.1, 0.15) is 6.92 Å². The predicted octanol–water partition coefficient (Wildman–Crippen LogP) is -0.854. The van der Waals surface area contributed by atoms with Crippen molar-refractivity contribution in [2.24, 2.45) is 5.41 Å². The molecule has 2 N–H and O–H groups in total. The lowest BCUT2D eigenvalue weighted by molar-refractivity contribution is -0.150. The first-order chi connectivity index (χ1) is 6.57. The van der Waals surface area contributed by atoms with Crippen LogP contribution in [-0.4, -0.2) is 50.6 Å². The number of esters is 1. The van der Waals surface area contributed by atoms with Crippen LogP contribution in [0.5, 0.6) is 0 Å². The van der Waals surface area contributed by atoms with E-state index < -0.39 is 12.1 Å². The summed E-state index contributed by atoms with van der Waals surface area (Å²) in [6, 6.07) is 0. The maximum absolute atomic E-state index is 10.8. The number of aliphatic hydroxyl groups is 1. The number of carbonyl (C=O) groups is 1. The lowest BCUT2D eigenvalue weighted by Gasteiger charge is -2.38. The summed E-state index contributed by atoms with van der Waals surface area (Å²) in [4.78, 5) is 10.8. The average molecular weight is 203 g/mol. The summed E-state index contributed by atoms with van der Waals surface area (Å²) in [7, 11) is 1.26. The molecule has 1 aliphatic rings. The first-order valence-electron chi connectivity index (χ1n) is 4.62. The maximum Gasteiger partial charge on any atom is 0.336 e. The zero-order chi connectivity index (χ0) is 10.6. The van der Waals surface area contributed by atoms with Crippen LogP contribution < -0.4 is 5.32 Å². The second-order valence-electron chi connectivity index (χ2n) is 3.97. The van der Waals surface area contributed by atoms with Gasteiger partial charge < -0.3 is 19.9 Å². The molecule has 0 aromatic carbocycles. The van der Waals surface area contributed by atoms with E-state index in [0.29, 0.717) is 0 Å². The van der Waals surface area contributed by atoms with Gasteiger partial charge in [-0.25, -0.2) is 4.79 Å². The van der Waals surface area contributed by atoms with Gasteiger partial charge in [0.2, 0.25) is 0 Å². The van der Waals surface area contributed by atoms with Crippen LogP contribution in [-0.2, 0) is 14.3 Å². The summed E-state index contributed by atoms with van der Waals surface area (Å²) in [5.41, 5.74) is 0.149. The van der Waals surface area contributed by atoms with Gasteiger partial charge >= 0.3 is 5.97 Å². The first kappa shape index (κ1) is 11.4. The molecule has 14 heavy (non-hydrogen) atoms. The molecule has 1 atom stereocenters. The second-order valence-corrected chi connectivity index (χ2v) is 3.97. The number of nitrogens with one attached hydrogen (secondary N) is 1. The summed E-state index contributed by atoms with van der Waals surface area (Å²) >= 11 is 0. The fourth-order valence-electron chi connectivity index (χ4n) is 1.28. The highest BCUT2D eigenvalue weighted by Gasteiger charge is 2.33. The van der Waals surface area contributed by atoms with Crippen molar-refractivity contribution < 1.29 is 19.4 Å². The molecule has 0 radical (unpaired) electrons. The smallest absolute Gasteiger partial charge is 0.336 e. The normalized spacial score (nSPS) is 21.1. The second kappa shape index (κ2) is 4.72. The van der Waals surface area contributed by atoms with E-state index in [2.05, 4.69) is 17.0 Å². The highest BCUT2D eigenvalue weighted by Crippen LogP contribution is 2.24. The summed E-state index contributed by atoms with van der Waals surface area (Å²) in [6.07, 6.45) is -1.08. The zero-order valence-electron chi connectivity index (χ0n) is 8.58. The van der Waals surface area contributed by atoms with Crippen molar-refractivity contribution in [2.45, 2.75) is 13.0 Å². The van der Waals surface area contributed by atoms with E-state index in [4.69, 9.17) is 4.74 Å². The molecular weight excluding hydrogens is 186 g/mol. The van der Waals surface area contributed by atoms with E-state index >= 15 is 0 Å². The summed E-state index contributed by atoms with van der Waals surface area (Å²) in [6.45, 7) is 4.51. The van der Waals surface area contributed by atoms with Crippen molar-refractivity contribution in [1.82, 2.24) is 5.32 Å². The monoisotopic (exact) mass is 203 g/mol. The van der Waals surface area contributed by atoms with Crippen LogP contribution in [0.4, 0.5) is 0 Å². The Morgan fingerprint density at radius 2 is 2.36 bits per heavy atom. The number of hydrogen-bond acceptors (Lipinski definition) is 5. The molecule has 1 saturated heterocycles. The molecule has 0 aromatic heterocycles. The highest BCUT2D eigenvalue weighted by atomic mass is 16.5. The Kier molecular flexibility index (Phi) is 3.86. The van der Waals surface area contributed by atoms with Crippen molar-refractivity contribution in [3.8, 4) is 0 Å². The van der Waals surface area contributed by atoms with E-state index in [1.165, 1.54) is 7.11 Å². The van der Waals surface area contributed by atoms with Gasteiger partial charge in [0.25, 0.3) is 0 Å². The quantitative estimate of drug-likeness (QED) is 0.569. The van der Waals surface area contributed by atoms with Crippen molar-refractivity contribution in [3.63, 3.8) is 0 Å². The molecule has 1 heterocycles. The molecule has 0 saturated carbocycles. The average Bonchev–Trinajstić information content (AvgIpc) is 2.13. The molecule has 1 rings (SSSR count). The van der Waals surface area contributed by atoms with Crippen molar-refractivity contribution in [1.29, 1.82) is 0 Å². The Bertz CT molecular complexity index is 203. The Balaban J connectivity index is 2.11. The Hall–Kier alpha value is -0.650. The summed E-state index contributed by atoms with van der Waals surface area (Å²) in [5, 5.41) is 12.2. The minimum absolute atomic E-state index is 0.149. The molecule has 1 unspecified atom stereocenters. The molecule has 0 aliphatic carbocycles. The molecule has 1 fully saturated rings. The van der Waals surface area contributed by atoms with Gasteiger partial charge in [0.1, 0.15) is 0 Å². The van der Waals surface area contributed by atoms with Gasteiger partial charge in [0.05, 0.1) is 20.3 Å². The van der Waals surface area contributed by atoms with E-state index in [1.54, 1.807) is 0 Å². The highest BCUT2D eigenvalue weighted by molar-refractivity contribution is 5.74. The fourth-order valence-corrected chi connectivity index (χ4v) is 1.28. The number of ether oxygens (including phenoxy) is 2. The van der Waals surface area contributed by atoms with Gasteiger partial charge in [-0.3, -0.25) is 0 Å². The summed E-state index contributed by atoms with van der Waals surface area (Å²) < 4.78 is 9.45. The van der Waals surface area contributed by atoms with Gasteiger partial charge in [0, 0.05) is 18.5 Å². The molecule has 0 amide bonds. The molecule has 0 spiro atoms. The third-order valence-electron chi connectivity index (χ3n) is 2.26. The molecular formula is C9H17NO4. The van der Waals surface area contributed by atoms with Gasteiger partial charge in [-0.05, 0) is 0 Å². The van der Waals surface area contributed by atoms with Gasteiger partial charge in [-0.1, -0.05) is 6.92 Å². The SMILES string of the molecule is COC(=O)C(O)CNCC1(C)COC1. The number of carbonyl (C=O) groups excluding carboxylic acids is 1. The Morgan fingerprint density at radius 3 is 2.79 bits per heavy atom. The van der Waals surface area contributed by atoms with E-state index in [0.717, 1.165) is 19.8 Å².